The van der Waals surface area contributed by atoms with E-state index in [1.165, 1.54) is 32.0 Å². The first-order valence-corrected chi connectivity index (χ1v) is 6.60. The van der Waals surface area contributed by atoms with Crippen LogP contribution in [0.25, 0.3) is 0 Å². The van der Waals surface area contributed by atoms with E-state index in [-0.39, 0.29) is 5.82 Å². The van der Waals surface area contributed by atoms with Gasteiger partial charge in [-0.2, -0.15) is 0 Å². The first kappa shape index (κ1) is 13.3. The number of nitrogens with zero attached hydrogens (tertiary/aromatic N) is 2. The number of hydrogen-bond donors (Lipinski definition) is 1. The molecule has 0 bridgehead atoms. The Labute approximate surface area is 108 Å². The monoisotopic (exact) mass is 251 g/mol. The fourth-order valence-electron chi connectivity index (χ4n) is 2.38. The van der Waals surface area contributed by atoms with Gasteiger partial charge in [0.15, 0.2) is 0 Å². The van der Waals surface area contributed by atoms with Gasteiger partial charge in [-0.25, -0.2) is 4.39 Å². The zero-order valence-corrected chi connectivity index (χ0v) is 11.0. The maximum atomic E-state index is 13.6. The molecular formula is C14H22FN3. The number of benzene rings is 1. The molecule has 0 unspecified atom stereocenters. The average molecular weight is 251 g/mol. The van der Waals surface area contributed by atoms with Crippen molar-refractivity contribution >= 4 is 5.69 Å². The Bertz CT molecular complexity index is 389. The van der Waals surface area contributed by atoms with Gasteiger partial charge in [-0.1, -0.05) is 6.07 Å². The second-order valence-electron chi connectivity index (χ2n) is 5.14. The molecule has 0 atom stereocenters. The van der Waals surface area contributed by atoms with E-state index in [4.69, 9.17) is 5.73 Å². The van der Waals surface area contributed by atoms with Crippen molar-refractivity contribution in [1.29, 1.82) is 0 Å². The minimum Gasteiger partial charge on any atom is -0.399 e. The second-order valence-corrected chi connectivity index (χ2v) is 5.14. The number of rotatable bonds is 5. The highest BCUT2D eigenvalue weighted by atomic mass is 19.1. The number of nitrogen functional groups attached to an aromatic ring is 1. The summed E-state index contributed by atoms with van der Waals surface area (Å²) in [5.74, 6) is -0.206. The maximum Gasteiger partial charge on any atom is 0.129 e. The van der Waals surface area contributed by atoms with E-state index in [2.05, 4.69) is 9.80 Å². The van der Waals surface area contributed by atoms with Crippen LogP contribution in [0.5, 0.6) is 0 Å². The first-order valence-electron chi connectivity index (χ1n) is 6.60. The van der Waals surface area contributed by atoms with Gasteiger partial charge < -0.3 is 15.5 Å². The molecule has 0 aliphatic carbocycles. The fourth-order valence-corrected chi connectivity index (χ4v) is 2.38. The molecule has 4 heteroatoms. The van der Waals surface area contributed by atoms with Gasteiger partial charge >= 0.3 is 0 Å². The lowest BCUT2D eigenvalue weighted by molar-refractivity contribution is 0.250. The summed E-state index contributed by atoms with van der Waals surface area (Å²) in [5, 5.41) is 0. The minimum atomic E-state index is -0.206. The Morgan fingerprint density at radius 2 is 2.06 bits per heavy atom. The van der Waals surface area contributed by atoms with E-state index in [1.807, 2.05) is 7.05 Å². The number of likely N-dealkylation sites (tertiary alicyclic amines) is 1. The number of hydrogen-bond acceptors (Lipinski definition) is 3. The van der Waals surface area contributed by atoms with Crippen molar-refractivity contribution in [2.24, 2.45) is 0 Å². The van der Waals surface area contributed by atoms with Crippen molar-refractivity contribution < 1.29 is 4.39 Å². The molecule has 1 saturated heterocycles. The Hall–Kier alpha value is -1.13. The van der Waals surface area contributed by atoms with Gasteiger partial charge in [-0.05, 0) is 45.1 Å². The summed E-state index contributed by atoms with van der Waals surface area (Å²) in [4.78, 5) is 4.63. The third-order valence-electron chi connectivity index (χ3n) is 3.51. The molecule has 2 N–H and O–H groups in total. The van der Waals surface area contributed by atoms with Crippen LogP contribution in [-0.4, -0.2) is 43.0 Å². The predicted octanol–water partition coefficient (Wildman–Crippen LogP) is 1.94. The standard InChI is InChI=1S/C14H22FN3/c1-17(8-9-18-6-2-3-7-18)11-12-4-5-13(16)10-14(12)15/h4-5,10H,2-3,6-9,11,16H2,1H3. The zero-order valence-electron chi connectivity index (χ0n) is 11.0. The van der Waals surface area contributed by atoms with E-state index in [0.29, 0.717) is 17.8 Å². The smallest absolute Gasteiger partial charge is 0.129 e. The van der Waals surface area contributed by atoms with E-state index < -0.39 is 0 Å². The molecule has 2 rings (SSSR count). The summed E-state index contributed by atoms with van der Waals surface area (Å²) < 4.78 is 13.6. The highest BCUT2D eigenvalue weighted by Gasteiger charge is 2.12. The SMILES string of the molecule is CN(CCN1CCCC1)Cc1ccc(N)cc1F. The largest absolute Gasteiger partial charge is 0.399 e. The van der Waals surface area contributed by atoms with E-state index in [9.17, 15) is 4.39 Å². The third-order valence-corrected chi connectivity index (χ3v) is 3.51. The lowest BCUT2D eigenvalue weighted by Crippen LogP contribution is -2.31. The Morgan fingerprint density at radius 1 is 1.33 bits per heavy atom. The number of likely N-dealkylation sites (N-methyl/N-ethyl adjacent to an activating group) is 1. The number of anilines is 1. The van der Waals surface area contributed by atoms with Crippen LogP contribution in [0.3, 0.4) is 0 Å². The molecule has 3 nitrogen and oxygen atoms in total. The molecule has 1 fully saturated rings. The van der Waals surface area contributed by atoms with E-state index >= 15 is 0 Å². The van der Waals surface area contributed by atoms with Gasteiger partial charge in [-0.3, -0.25) is 0 Å². The highest BCUT2D eigenvalue weighted by molar-refractivity contribution is 5.40. The topological polar surface area (TPSA) is 32.5 Å². The number of nitrogens with two attached hydrogens (primary N) is 1. The molecule has 1 aromatic carbocycles. The predicted molar refractivity (Wildman–Crippen MR) is 72.8 cm³/mol. The van der Waals surface area contributed by atoms with Crippen LogP contribution in [0, 0.1) is 5.82 Å². The zero-order chi connectivity index (χ0) is 13.0. The van der Waals surface area contributed by atoms with Crippen LogP contribution < -0.4 is 5.73 Å². The molecule has 0 radical (unpaired) electrons. The summed E-state index contributed by atoms with van der Waals surface area (Å²) in [6.45, 7) is 5.12. The highest BCUT2D eigenvalue weighted by Crippen LogP contribution is 2.13. The molecule has 1 aliphatic rings. The van der Waals surface area contributed by atoms with Gasteiger partial charge in [0.05, 0.1) is 0 Å². The van der Waals surface area contributed by atoms with Crippen LogP contribution in [0.15, 0.2) is 18.2 Å². The summed E-state index contributed by atoms with van der Waals surface area (Å²) in [6.07, 6.45) is 2.63. The van der Waals surface area contributed by atoms with Crippen LogP contribution in [-0.2, 0) is 6.54 Å². The van der Waals surface area contributed by atoms with Crippen LogP contribution >= 0.6 is 0 Å². The third kappa shape index (κ3) is 3.68. The van der Waals surface area contributed by atoms with Crippen molar-refractivity contribution in [3.63, 3.8) is 0 Å². The summed E-state index contributed by atoms with van der Waals surface area (Å²) >= 11 is 0. The normalized spacial score (nSPS) is 16.6. The van der Waals surface area contributed by atoms with Crippen molar-refractivity contribution in [1.82, 2.24) is 9.80 Å². The fraction of sp³-hybridized carbons (Fsp3) is 0.571. The van der Waals surface area contributed by atoms with Crippen LogP contribution in [0.1, 0.15) is 18.4 Å². The van der Waals surface area contributed by atoms with Crippen LogP contribution in [0.4, 0.5) is 10.1 Å². The van der Waals surface area contributed by atoms with Crippen molar-refractivity contribution in [2.75, 3.05) is 39.0 Å². The maximum absolute atomic E-state index is 13.6. The lowest BCUT2D eigenvalue weighted by atomic mass is 10.2. The first-order chi connectivity index (χ1) is 8.65. The van der Waals surface area contributed by atoms with Gasteiger partial charge in [0.25, 0.3) is 0 Å². The van der Waals surface area contributed by atoms with Crippen molar-refractivity contribution in [3.8, 4) is 0 Å². The minimum absolute atomic E-state index is 0.206. The second kappa shape index (κ2) is 6.16. The van der Waals surface area contributed by atoms with Gasteiger partial charge in [0.1, 0.15) is 5.82 Å². The van der Waals surface area contributed by atoms with E-state index in [0.717, 1.165) is 13.1 Å². The molecule has 0 spiro atoms. The number of halogens is 1. The molecule has 18 heavy (non-hydrogen) atoms. The molecule has 0 amide bonds. The Morgan fingerprint density at radius 3 is 2.72 bits per heavy atom. The average Bonchev–Trinajstić information content (AvgIpc) is 2.83. The van der Waals surface area contributed by atoms with Crippen molar-refractivity contribution in [2.45, 2.75) is 19.4 Å². The summed E-state index contributed by atoms with van der Waals surface area (Å²) in [5.41, 5.74) is 6.74. The van der Waals surface area contributed by atoms with Gasteiger partial charge in [0, 0.05) is 30.9 Å². The lowest BCUT2D eigenvalue weighted by Gasteiger charge is -2.21. The molecular weight excluding hydrogens is 229 g/mol. The quantitative estimate of drug-likeness (QED) is 0.812. The molecule has 100 valence electrons. The summed E-state index contributed by atoms with van der Waals surface area (Å²) in [6, 6.07) is 4.92. The van der Waals surface area contributed by atoms with Crippen LogP contribution in [0.2, 0.25) is 0 Å². The van der Waals surface area contributed by atoms with Crippen molar-refractivity contribution in [3.05, 3.63) is 29.6 Å². The summed E-state index contributed by atoms with van der Waals surface area (Å²) in [7, 11) is 2.03. The Kier molecular flexibility index (Phi) is 4.55. The van der Waals surface area contributed by atoms with E-state index in [1.54, 1.807) is 12.1 Å². The molecule has 0 aromatic heterocycles. The van der Waals surface area contributed by atoms with Gasteiger partial charge in [-0.15, -0.1) is 0 Å². The Balaban J connectivity index is 1.80. The molecule has 1 heterocycles. The molecule has 1 aromatic rings. The molecule has 0 saturated carbocycles. The molecule has 1 aliphatic heterocycles. The van der Waals surface area contributed by atoms with Gasteiger partial charge in [0.2, 0.25) is 0 Å².